The Morgan fingerprint density at radius 3 is 2.64 bits per heavy atom. The molecule has 0 saturated heterocycles. The maximum absolute atomic E-state index is 13.3. The highest BCUT2D eigenvalue weighted by Gasteiger charge is 2.15. The molecule has 3 aromatic rings. The molecule has 186 valence electrons. The highest BCUT2D eigenvalue weighted by atomic mass is 35.5. The Labute approximate surface area is 214 Å². The molecule has 1 aromatic carbocycles. The first-order valence-corrected chi connectivity index (χ1v) is 12.0. The maximum Gasteiger partial charge on any atom is 0.354 e. The Balaban J connectivity index is 1.63. The van der Waals surface area contributed by atoms with Gasteiger partial charge in [0.25, 0.3) is 5.19 Å². The maximum atomic E-state index is 13.3. The standard InChI is InChI=1S/C23H22ClN7O4S/c1-14-26-22(36-29-14)35-18-9-7-17(8-10-18)27-20-28-21(33)30(12-11-19(25)32)23(34)31(20)13-15-3-2-4-16(24)6-5-15/h3-10H,2,11-13H2,1H3,(H2,25,32)(H,27,28,33). The molecule has 4 rings (SSSR count). The number of allylic oxidation sites excluding steroid dienone is 6. The van der Waals surface area contributed by atoms with Crippen molar-refractivity contribution in [2.45, 2.75) is 32.9 Å². The molecule has 0 aliphatic heterocycles. The van der Waals surface area contributed by atoms with Gasteiger partial charge < -0.3 is 15.8 Å². The quantitative estimate of drug-likeness (QED) is 0.431. The van der Waals surface area contributed by atoms with Crippen molar-refractivity contribution in [3.8, 4) is 10.9 Å². The number of nitrogens with zero attached hydrogens (tertiary/aromatic N) is 5. The van der Waals surface area contributed by atoms with E-state index in [-0.39, 0.29) is 25.5 Å². The van der Waals surface area contributed by atoms with Crippen molar-refractivity contribution in [3.05, 3.63) is 86.0 Å². The fourth-order valence-electron chi connectivity index (χ4n) is 3.28. The fraction of sp³-hybridized carbons (Fsp3) is 0.217. The number of amides is 1. The summed E-state index contributed by atoms with van der Waals surface area (Å²) in [7, 11) is 0. The van der Waals surface area contributed by atoms with Gasteiger partial charge in [0, 0.05) is 35.2 Å². The van der Waals surface area contributed by atoms with Gasteiger partial charge in [-0.05, 0) is 49.3 Å². The van der Waals surface area contributed by atoms with E-state index in [2.05, 4.69) is 19.7 Å². The van der Waals surface area contributed by atoms with Crippen LogP contribution in [0.5, 0.6) is 10.9 Å². The highest BCUT2D eigenvalue weighted by Crippen LogP contribution is 2.25. The van der Waals surface area contributed by atoms with Crippen LogP contribution in [0.4, 0.5) is 11.6 Å². The number of nitrogens with one attached hydrogen (secondary N) is 1. The van der Waals surface area contributed by atoms with Crippen LogP contribution in [0.2, 0.25) is 0 Å². The van der Waals surface area contributed by atoms with Crippen LogP contribution < -0.4 is 27.2 Å². The average Bonchev–Trinajstić information content (AvgIpc) is 3.12. The van der Waals surface area contributed by atoms with E-state index in [0.717, 1.165) is 21.7 Å². The number of nitrogens with two attached hydrogens (primary N) is 1. The Bertz CT molecular complexity index is 1490. The van der Waals surface area contributed by atoms with Gasteiger partial charge in [0.05, 0.1) is 6.54 Å². The number of benzene rings is 1. The highest BCUT2D eigenvalue weighted by molar-refractivity contribution is 7.07. The van der Waals surface area contributed by atoms with E-state index in [1.165, 1.54) is 4.57 Å². The van der Waals surface area contributed by atoms with Crippen LogP contribution in [-0.2, 0) is 17.9 Å². The van der Waals surface area contributed by atoms with Crippen LogP contribution in [0.3, 0.4) is 0 Å². The van der Waals surface area contributed by atoms with E-state index >= 15 is 0 Å². The Hall–Kier alpha value is -4.03. The number of hydrogen-bond donors (Lipinski definition) is 2. The lowest BCUT2D eigenvalue weighted by Gasteiger charge is -2.16. The smallest absolute Gasteiger partial charge is 0.354 e. The first kappa shape index (κ1) is 25.1. The number of carbonyl (C=O) groups is 1. The molecule has 1 aliphatic rings. The molecule has 0 spiro atoms. The van der Waals surface area contributed by atoms with E-state index in [9.17, 15) is 14.4 Å². The summed E-state index contributed by atoms with van der Waals surface area (Å²) in [5.74, 6) is 0.587. The van der Waals surface area contributed by atoms with Crippen molar-refractivity contribution in [2.24, 2.45) is 5.73 Å². The lowest BCUT2D eigenvalue weighted by Crippen LogP contribution is -2.43. The SMILES string of the molecule is Cc1nsc(Oc2ccc(Nc3nc(=O)n(CCC(N)=O)c(=O)n3CC3=CCC=C(Cl)C=C3)cc2)n1. The summed E-state index contributed by atoms with van der Waals surface area (Å²) in [5.41, 5.74) is 5.16. The second-order valence-corrected chi connectivity index (χ2v) is 8.90. The molecule has 0 unspecified atom stereocenters. The molecule has 1 aliphatic carbocycles. The number of ether oxygens (including phenoxy) is 1. The minimum atomic E-state index is -0.790. The number of hydrogen-bond acceptors (Lipinski definition) is 9. The van der Waals surface area contributed by atoms with Gasteiger partial charge in [0.15, 0.2) is 0 Å². The lowest BCUT2D eigenvalue weighted by atomic mass is 10.2. The summed E-state index contributed by atoms with van der Waals surface area (Å²) < 4.78 is 12.0. The van der Waals surface area contributed by atoms with Gasteiger partial charge in [-0.15, -0.1) is 0 Å². The summed E-state index contributed by atoms with van der Waals surface area (Å²) in [6.07, 6.45) is 7.70. The molecule has 1 amide bonds. The summed E-state index contributed by atoms with van der Waals surface area (Å²) in [6, 6.07) is 6.85. The van der Waals surface area contributed by atoms with Gasteiger partial charge in [0.1, 0.15) is 11.6 Å². The summed E-state index contributed by atoms with van der Waals surface area (Å²) in [5, 5.41) is 4.04. The largest absolute Gasteiger partial charge is 0.430 e. The Morgan fingerprint density at radius 2 is 1.94 bits per heavy atom. The van der Waals surface area contributed by atoms with Gasteiger partial charge in [-0.2, -0.15) is 14.3 Å². The first-order valence-electron chi connectivity index (χ1n) is 10.9. The van der Waals surface area contributed by atoms with Crippen molar-refractivity contribution in [1.29, 1.82) is 0 Å². The number of anilines is 2. The number of carbonyl (C=O) groups excluding carboxylic acids is 1. The van der Waals surface area contributed by atoms with Crippen LogP contribution in [0.25, 0.3) is 0 Å². The van der Waals surface area contributed by atoms with E-state index in [1.807, 2.05) is 12.2 Å². The molecular weight excluding hydrogens is 506 g/mol. The van der Waals surface area contributed by atoms with Crippen LogP contribution in [0.15, 0.2) is 68.8 Å². The molecule has 2 heterocycles. The van der Waals surface area contributed by atoms with Gasteiger partial charge in [0.2, 0.25) is 11.9 Å². The third-order valence-corrected chi connectivity index (χ3v) is 6.01. The Kier molecular flexibility index (Phi) is 7.76. The number of aromatic nitrogens is 5. The van der Waals surface area contributed by atoms with Crippen molar-refractivity contribution >= 4 is 40.7 Å². The van der Waals surface area contributed by atoms with E-state index < -0.39 is 17.3 Å². The zero-order valence-electron chi connectivity index (χ0n) is 19.2. The molecule has 0 radical (unpaired) electrons. The van der Waals surface area contributed by atoms with Gasteiger partial charge in [-0.1, -0.05) is 29.8 Å². The lowest BCUT2D eigenvalue weighted by molar-refractivity contribution is -0.118. The second kappa shape index (κ2) is 11.1. The third kappa shape index (κ3) is 6.34. The van der Waals surface area contributed by atoms with Crippen LogP contribution in [0, 0.1) is 6.92 Å². The normalized spacial score (nSPS) is 13.1. The summed E-state index contributed by atoms with van der Waals surface area (Å²) in [6.45, 7) is 1.73. The van der Waals surface area contributed by atoms with Crippen LogP contribution in [0.1, 0.15) is 18.7 Å². The topological polar surface area (TPSA) is 147 Å². The summed E-state index contributed by atoms with van der Waals surface area (Å²) >= 11 is 7.23. The van der Waals surface area contributed by atoms with Crippen molar-refractivity contribution in [3.63, 3.8) is 0 Å². The zero-order valence-corrected chi connectivity index (χ0v) is 20.8. The number of aryl methyl sites for hydroxylation is 1. The Morgan fingerprint density at radius 1 is 1.17 bits per heavy atom. The zero-order chi connectivity index (χ0) is 25.7. The van der Waals surface area contributed by atoms with Crippen molar-refractivity contribution < 1.29 is 9.53 Å². The molecule has 0 fully saturated rings. The van der Waals surface area contributed by atoms with Crippen molar-refractivity contribution in [1.82, 2.24) is 23.5 Å². The molecule has 36 heavy (non-hydrogen) atoms. The van der Waals surface area contributed by atoms with Gasteiger partial charge >= 0.3 is 11.4 Å². The second-order valence-electron chi connectivity index (χ2n) is 7.75. The number of rotatable bonds is 9. The number of halogens is 1. The summed E-state index contributed by atoms with van der Waals surface area (Å²) in [4.78, 5) is 45.4. The molecule has 0 bridgehead atoms. The predicted octanol–water partition coefficient (Wildman–Crippen LogP) is 2.99. The van der Waals surface area contributed by atoms with Crippen LogP contribution in [-0.4, -0.2) is 29.4 Å². The fourth-order valence-corrected chi connectivity index (χ4v) is 3.99. The number of primary amides is 1. The van der Waals surface area contributed by atoms with Crippen LogP contribution >= 0.6 is 23.1 Å². The first-order chi connectivity index (χ1) is 17.3. The molecule has 3 N–H and O–H groups in total. The molecule has 0 atom stereocenters. The monoisotopic (exact) mass is 527 g/mol. The van der Waals surface area contributed by atoms with Gasteiger partial charge in [-0.25, -0.2) is 14.2 Å². The van der Waals surface area contributed by atoms with Crippen molar-refractivity contribution in [2.75, 3.05) is 5.32 Å². The van der Waals surface area contributed by atoms with E-state index in [0.29, 0.717) is 33.9 Å². The van der Waals surface area contributed by atoms with Gasteiger partial charge in [-0.3, -0.25) is 9.36 Å². The molecule has 13 heteroatoms. The molecular formula is C23H22ClN7O4S. The molecule has 11 nitrogen and oxygen atoms in total. The molecule has 0 saturated carbocycles. The minimum Gasteiger partial charge on any atom is -0.430 e. The molecule has 2 aromatic heterocycles. The van der Waals surface area contributed by atoms with E-state index in [1.54, 1.807) is 43.3 Å². The third-order valence-electron chi connectivity index (χ3n) is 5.05. The minimum absolute atomic E-state index is 0.0475. The average molecular weight is 528 g/mol. The van der Waals surface area contributed by atoms with E-state index in [4.69, 9.17) is 22.1 Å². The predicted molar refractivity (Wildman–Crippen MR) is 137 cm³/mol.